The summed E-state index contributed by atoms with van der Waals surface area (Å²) in [5.41, 5.74) is 2.85. The van der Waals surface area contributed by atoms with Gasteiger partial charge in [-0.1, -0.05) is 12.1 Å². The normalized spacial score (nSPS) is 21.5. The number of nitrogens with one attached hydrogen (secondary N) is 1. The minimum Gasteiger partial charge on any atom is -0.497 e. The van der Waals surface area contributed by atoms with E-state index in [1.165, 1.54) is 21.8 Å². The largest absolute Gasteiger partial charge is 0.497 e. The molecule has 1 aromatic heterocycles. The van der Waals surface area contributed by atoms with Crippen molar-refractivity contribution < 1.29 is 4.74 Å². The Labute approximate surface area is 128 Å². The molecule has 0 saturated carbocycles. The summed E-state index contributed by atoms with van der Waals surface area (Å²) in [5, 5.41) is 6.23. The van der Waals surface area contributed by atoms with Crippen LogP contribution in [0.4, 0.5) is 0 Å². The molecular weight excluding hydrogens is 286 g/mol. The van der Waals surface area contributed by atoms with Crippen molar-refractivity contribution in [3.05, 3.63) is 46.8 Å². The first-order chi connectivity index (χ1) is 9.81. The number of benzene rings is 1. The fourth-order valence-corrected chi connectivity index (χ4v) is 5.15. The lowest BCUT2D eigenvalue weighted by Crippen LogP contribution is -2.32. The monoisotopic (exact) mass is 305 g/mol. The smallest absolute Gasteiger partial charge is 0.119 e. The van der Waals surface area contributed by atoms with Crippen LogP contribution in [0.5, 0.6) is 5.75 Å². The van der Waals surface area contributed by atoms with Crippen molar-refractivity contribution >= 4 is 23.1 Å². The Kier molecular flexibility index (Phi) is 4.34. The summed E-state index contributed by atoms with van der Waals surface area (Å²) >= 11 is 3.82. The number of aryl methyl sites for hydroxylation is 1. The van der Waals surface area contributed by atoms with Crippen molar-refractivity contribution in [2.45, 2.75) is 28.3 Å². The fourth-order valence-electron chi connectivity index (χ4n) is 2.83. The van der Waals surface area contributed by atoms with E-state index in [-0.39, 0.29) is 0 Å². The summed E-state index contributed by atoms with van der Waals surface area (Å²) < 4.78 is 6.79. The highest BCUT2D eigenvalue weighted by Gasteiger charge is 2.29. The molecule has 1 aromatic carbocycles. The summed E-state index contributed by atoms with van der Waals surface area (Å²) in [7, 11) is 3.79. The molecule has 0 radical (unpaired) electrons. The molecule has 20 heavy (non-hydrogen) atoms. The standard InChI is InChI=1S/C16H19NOS2/c1-17-16-13-10-12(18-2)7-5-11(13)6-8-14(16)20-15-4-3-9-19-15/h3-5,7,9-10,14,16-17H,6,8H2,1-2H3. The number of fused-ring (bicyclic) bond motifs is 1. The zero-order valence-electron chi connectivity index (χ0n) is 11.8. The number of rotatable bonds is 4. The van der Waals surface area contributed by atoms with Gasteiger partial charge in [-0.15, -0.1) is 23.1 Å². The van der Waals surface area contributed by atoms with Crippen molar-refractivity contribution in [3.8, 4) is 5.75 Å². The Balaban J connectivity index is 1.88. The second-order valence-electron chi connectivity index (χ2n) is 4.96. The second kappa shape index (κ2) is 6.20. The fraction of sp³-hybridized carbons (Fsp3) is 0.375. The molecule has 0 fully saturated rings. The van der Waals surface area contributed by atoms with E-state index in [9.17, 15) is 0 Å². The van der Waals surface area contributed by atoms with Gasteiger partial charge in [0.1, 0.15) is 5.75 Å². The first kappa shape index (κ1) is 14.0. The highest BCUT2D eigenvalue weighted by atomic mass is 32.2. The summed E-state index contributed by atoms with van der Waals surface area (Å²) in [6.45, 7) is 0. The minimum absolute atomic E-state index is 0.390. The molecule has 1 aliphatic carbocycles. The van der Waals surface area contributed by atoms with Gasteiger partial charge in [0.15, 0.2) is 0 Å². The molecule has 4 heteroatoms. The average Bonchev–Trinajstić information content (AvgIpc) is 2.99. The van der Waals surface area contributed by atoms with E-state index >= 15 is 0 Å². The summed E-state index contributed by atoms with van der Waals surface area (Å²) in [4.78, 5) is 0. The number of thioether (sulfide) groups is 1. The van der Waals surface area contributed by atoms with Crippen molar-refractivity contribution in [2.75, 3.05) is 14.2 Å². The zero-order valence-corrected chi connectivity index (χ0v) is 13.4. The maximum absolute atomic E-state index is 5.38. The van der Waals surface area contributed by atoms with Crippen LogP contribution in [0.1, 0.15) is 23.6 Å². The maximum atomic E-state index is 5.38. The van der Waals surface area contributed by atoms with E-state index in [4.69, 9.17) is 4.74 Å². The molecule has 2 unspecified atom stereocenters. The molecule has 2 nitrogen and oxygen atoms in total. The number of ether oxygens (including phenoxy) is 1. The van der Waals surface area contributed by atoms with E-state index < -0.39 is 0 Å². The van der Waals surface area contributed by atoms with Gasteiger partial charge in [-0.3, -0.25) is 0 Å². The third-order valence-electron chi connectivity index (χ3n) is 3.83. The van der Waals surface area contributed by atoms with Crippen LogP contribution in [0, 0.1) is 0 Å². The predicted octanol–water partition coefficient (Wildman–Crippen LogP) is 4.12. The first-order valence-corrected chi connectivity index (χ1v) is 8.62. The van der Waals surface area contributed by atoms with E-state index in [1.807, 2.05) is 23.1 Å². The lowest BCUT2D eigenvalue weighted by Gasteiger charge is -2.33. The van der Waals surface area contributed by atoms with Gasteiger partial charge in [0, 0.05) is 11.3 Å². The summed E-state index contributed by atoms with van der Waals surface area (Å²) in [5.74, 6) is 0.950. The van der Waals surface area contributed by atoms with E-state index in [2.05, 4.69) is 48.1 Å². The van der Waals surface area contributed by atoms with Crippen LogP contribution in [0.25, 0.3) is 0 Å². The van der Waals surface area contributed by atoms with Crippen molar-refractivity contribution in [3.63, 3.8) is 0 Å². The molecule has 3 rings (SSSR count). The third-order valence-corrected chi connectivity index (χ3v) is 6.25. The topological polar surface area (TPSA) is 21.3 Å². The van der Waals surface area contributed by atoms with Crippen LogP contribution in [0.2, 0.25) is 0 Å². The Hall–Kier alpha value is -0.970. The molecule has 2 atom stereocenters. The van der Waals surface area contributed by atoms with Gasteiger partial charge in [-0.2, -0.15) is 0 Å². The average molecular weight is 305 g/mol. The second-order valence-corrected chi connectivity index (χ2v) is 7.45. The third kappa shape index (κ3) is 2.73. The SMILES string of the molecule is CNC1c2cc(OC)ccc2CCC1Sc1cccs1. The van der Waals surface area contributed by atoms with Gasteiger partial charge in [0.25, 0.3) is 0 Å². The molecule has 0 spiro atoms. The van der Waals surface area contributed by atoms with E-state index in [0.29, 0.717) is 11.3 Å². The van der Waals surface area contributed by atoms with Crippen molar-refractivity contribution in [1.82, 2.24) is 5.32 Å². The number of thiophene rings is 1. The molecule has 1 heterocycles. The highest BCUT2D eigenvalue weighted by Crippen LogP contribution is 2.42. The number of hydrogen-bond acceptors (Lipinski definition) is 4. The lowest BCUT2D eigenvalue weighted by molar-refractivity contribution is 0.411. The van der Waals surface area contributed by atoms with Crippen molar-refractivity contribution in [2.24, 2.45) is 0 Å². The summed E-state index contributed by atoms with van der Waals surface area (Å²) in [6, 6.07) is 11.2. The molecule has 0 bridgehead atoms. The molecule has 0 saturated heterocycles. The van der Waals surface area contributed by atoms with Crippen LogP contribution in [-0.2, 0) is 6.42 Å². The van der Waals surface area contributed by atoms with E-state index in [0.717, 1.165) is 12.2 Å². The zero-order chi connectivity index (χ0) is 13.9. The van der Waals surface area contributed by atoms with Gasteiger partial charge < -0.3 is 10.1 Å². The van der Waals surface area contributed by atoms with Gasteiger partial charge in [0.2, 0.25) is 0 Å². The van der Waals surface area contributed by atoms with Gasteiger partial charge in [-0.05, 0) is 54.6 Å². The summed E-state index contributed by atoms with van der Waals surface area (Å²) in [6.07, 6.45) is 2.37. The molecule has 2 aromatic rings. The van der Waals surface area contributed by atoms with Crippen LogP contribution in [-0.4, -0.2) is 19.4 Å². The molecule has 1 aliphatic rings. The predicted molar refractivity (Wildman–Crippen MR) is 87.1 cm³/mol. The maximum Gasteiger partial charge on any atom is 0.119 e. The van der Waals surface area contributed by atoms with Gasteiger partial charge in [0.05, 0.1) is 11.3 Å². The number of hydrogen-bond donors (Lipinski definition) is 1. The van der Waals surface area contributed by atoms with Crippen LogP contribution >= 0.6 is 23.1 Å². The Morgan fingerprint density at radius 2 is 2.25 bits per heavy atom. The van der Waals surface area contributed by atoms with Crippen LogP contribution in [0.15, 0.2) is 39.9 Å². The highest BCUT2D eigenvalue weighted by molar-refractivity contribution is 8.01. The lowest BCUT2D eigenvalue weighted by atomic mass is 9.87. The van der Waals surface area contributed by atoms with Crippen molar-refractivity contribution in [1.29, 1.82) is 0 Å². The molecule has 106 valence electrons. The molecule has 0 aliphatic heterocycles. The van der Waals surface area contributed by atoms with Gasteiger partial charge in [-0.25, -0.2) is 0 Å². The van der Waals surface area contributed by atoms with Gasteiger partial charge >= 0.3 is 0 Å². The van der Waals surface area contributed by atoms with Crippen LogP contribution < -0.4 is 10.1 Å². The first-order valence-electron chi connectivity index (χ1n) is 6.86. The Morgan fingerprint density at radius 3 is 2.95 bits per heavy atom. The van der Waals surface area contributed by atoms with Crippen LogP contribution in [0.3, 0.4) is 0 Å². The Bertz CT molecular complexity index is 568. The quantitative estimate of drug-likeness (QED) is 0.918. The molecular formula is C16H19NOS2. The Morgan fingerprint density at radius 1 is 1.35 bits per heavy atom. The molecule has 0 amide bonds. The minimum atomic E-state index is 0.390. The van der Waals surface area contributed by atoms with E-state index in [1.54, 1.807) is 7.11 Å². The molecule has 1 N–H and O–H groups in total. The number of methoxy groups -OCH3 is 1.